The number of rotatable bonds is 10. The molecule has 16 aromatic rings. The van der Waals surface area contributed by atoms with Gasteiger partial charge in [0, 0.05) is 34.1 Å². The molecule has 0 saturated carbocycles. The molecular weight excluding hydrogens is 1090 g/mol. The minimum Gasteiger partial charge on any atom is -0.310 e. The zero-order valence-corrected chi connectivity index (χ0v) is 50.6. The fourth-order valence-corrected chi connectivity index (χ4v) is 17.6. The minimum absolute atomic E-state index is 1.10. The molecule has 0 spiro atoms. The Morgan fingerprint density at radius 2 is 0.551 bits per heavy atom. The lowest BCUT2D eigenvalue weighted by molar-refractivity contribution is 1.29. The molecule has 1 heterocycles. The molecule has 0 aromatic heterocycles. The molecule has 0 bridgehead atoms. The quantitative estimate of drug-likeness (QED) is 0.0995. The molecular formula is C86H60N2Si. The van der Waals surface area contributed by atoms with Crippen molar-refractivity contribution in [2.75, 3.05) is 9.80 Å². The van der Waals surface area contributed by atoms with Gasteiger partial charge in [0.1, 0.15) is 8.07 Å². The van der Waals surface area contributed by atoms with E-state index in [0.29, 0.717) is 0 Å². The van der Waals surface area contributed by atoms with Gasteiger partial charge in [-0.3, -0.25) is 0 Å². The summed E-state index contributed by atoms with van der Waals surface area (Å²) in [6.07, 6.45) is 0. The van der Waals surface area contributed by atoms with Gasteiger partial charge in [-0.25, -0.2) is 0 Å². The number of benzene rings is 16. The van der Waals surface area contributed by atoms with Crippen LogP contribution >= 0.6 is 0 Å². The third-order valence-electron chi connectivity index (χ3n) is 18.9. The van der Waals surface area contributed by atoms with Gasteiger partial charge in [-0.2, -0.15) is 0 Å². The molecule has 2 nitrogen and oxygen atoms in total. The molecule has 1 aliphatic rings. The molecule has 0 unspecified atom stereocenters. The predicted molar refractivity (Wildman–Crippen MR) is 385 cm³/mol. The minimum atomic E-state index is -2.44. The van der Waals surface area contributed by atoms with E-state index < -0.39 is 8.07 Å². The lowest BCUT2D eigenvalue weighted by Gasteiger charge is -2.36. The second kappa shape index (κ2) is 21.1. The molecule has 0 radical (unpaired) electrons. The molecule has 0 atom stereocenters. The zero-order valence-electron chi connectivity index (χ0n) is 49.6. The summed E-state index contributed by atoms with van der Waals surface area (Å²) >= 11 is 0. The van der Waals surface area contributed by atoms with Gasteiger partial charge in [-0.05, 0) is 222 Å². The summed E-state index contributed by atoms with van der Waals surface area (Å²) in [5.41, 5.74) is 18.7. The number of hydrogen-bond acceptors (Lipinski definition) is 2. The summed E-state index contributed by atoms with van der Waals surface area (Å²) in [4.78, 5) is 5.01. The van der Waals surface area contributed by atoms with E-state index in [4.69, 9.17) is 0 Å². The summed E-state index contributed by atoms with van der Waals surface area (Å²) in [6, 6.07) is 122. The van der Waals surface area contributed by atoms with Crippen molar-refractivity contribution in [1.29, 1.82) is 0 Å². The third kappa shape index (κ3) is 9.00. The van der Waals surface area contributed by atoms with Crippen LogP contribution in [0.1, 0.15) is 0 Å². The topological polar surface area (TPSA) is 6.48 Å². The molecule has 16 aromatic carbocycles. The monoisotopic (exact) mass is 1150 g/mol. The van der Waals surface area contributed by atoms with E-state index in [1.54, 1.807) is 0 Å². The molecule has 89 heavy (non-hydrogen) atoms. The third-order valence-corrected chi connectivity index (χ3v) is 22.4. The molecule has 418 valence electrons. The van der Waals surface area contributed by atoms with Crippen LogP contribution in [0.2, 0.25) is 13.1 Å². The van der Waals surface area contributed by atoms with Gasteiger partial charge < -0.3 is 9.80 Å². The molecule has 3 heteroatoms. The predicted octanol–water partition coefficient (Wildman–Crippen LogP) is 23.0. The lowest BCUT2D eigenvalue weighted by atomic mass is 9.91. The van der Waals surface area contributed by atoms with E-state index >= 15 is 0 Å². The van der Waals surface area contributed by atoms with Gasteiger partial charge in [-0.1, -0.05) is 250 Å². The standard InChI is InChI=1S/C86H60N2Si/c1-89(2)84-33-19-32-79-82-55-72(87(70-41-38-63-36-34-61-28-15-17-30-76(61)80(63)53-70)74-48-66(57-20-7-3-8-21-57)46-67(49-74)58-22-9-4-10-23-58)43-40-65(82)52-83(86(79)84)78-45-44-73(56-85(78)89)88(71-42-39-64-37-35-62-29-16-18-31-77(62)81(64)54-71)75-50-68(59-24-11-5-12-25-59)47-69(51-75)60-26-13-6-14-27-60/h3-56H,1-2H3. The molecule has 0 saturated heterocycles. The molecule has 17 rings (SSSR count). The SMILES string of the molecule is C[Si]1(C)c2cc(N(c3cc(-c4ccccc4)cc(-c4ccccc4)c3)c3ccc4ccc5ccccc5c4c3)ccc2-c2cc3ccc(N(c4cc(-c5ccccc5)cc(-c5ccccc5)c4)c4ccc5ccc6ccccc6c5c4)cc3c3cccc1c23. The second-order valence-electron chi connectivity index (χ2n) is 24.5. The Kier molecular flexibility index (Phi) is 12.4. The smallest absolute Gasteiger partial charge is 0.113 e. The van der Waals surface area contributed by atoms with Crippen molar-refractivity contribution in [2.24, 2.45) is 0 Å². The number of nitrogens with zero attached hydrogens (tertiary/aromatic N) is 2. The zero-order chi connectivity index (χ0) is 59.2. The van der Waals surface area contributed by atoms with Crippen LogP contribution in [0.4, 0.5) is 34.1 Å². The van der Waals surface area contributed by atoms with E-state index in [2.05, 4.69) is 350 Å². The first-order chi connectivity index (χ1) is 43.8. The van der Waals surface area contributed by atoms with Crippen LogP contribution in [-0.2, 0) is 0 Å². The highest BCUT2D eigenvalue weighted by Crippen LogP contribution is 2.47. The van der Waals surface area contributed by atoms with Gasteiger partial charge in [0.15, 0.2) is 0 Å². The van der Waals surface area contributed by atoms with E-state index in [1.165, 1.54) is 131 Å². The van der Waals surface area contributed by atoms with Gasteiger partial charge in [0.25, 0.3) is 0 Å². The van der Waals surface area contributed by atoms with Crippen molar-refractivity contribution in [3.63, 3.8) is 0 Å². The highest BCUT2D eigenvalue weighted by Gasteiger charge is 2.37. The van der Waals surface area contributed by atoms with Crippen molar-refractivity contribution in [2.45, 2.75) is 13.1 Å². The van der Waals surface area contributed by atoms with Crippen LogP contribution in [-0.4, -0.2) is 8.07 Å². The maximum Gasteiger partial charge on any atom is 0.113 e. The van der Waals surface area contributed by atoms with E-state index in [1.807, 2.05) is 0 Å². The van der Waals surface area contributed by atoms with Gasteiger partial charge >= 0.3 is 0 Å². The summed E-state index contributed by atoms with van der Waals surface area (Å²) in [5, 5.41) is 17.9. The lowest BCUT2D eigenvalue weighted by Crippen LogP contribution is -2.56. The van der Waals surface area contributed by atoms with Gasteiger partial charge in [0.2, 0.25) is 0 Å². The normalized spacial score (nSPS) is 12.5. The Labute approximate surface area is 520 Å². The fraction of sp³-hybridized carbons (Fsp3) is 0.0233. The van der Waals surface area contributed by atoms with Crippen molar-refractivity contribution < 1.29 is 0 Å². The van der Waals surface area contributed by atoms with Crippen LogP contribution in [0.25, 0.3) is 120 Å². The summed E-state index contributed by atoms with van der Waals surface area (Å²) < 4.78 is 0. The van der Waals surface area contributed by atoms with E-state index in [0.717, 1.165) is 34.1 Å². The van der Waals surface area contributed by atoms with Crippen molar-refractivity contribution >= 4 is 117 Å². The first-order valence-electron chi connectivity index (χ1n) is 30.9. The average molecular weight is 1150 g/mol. The Morgan fingerprint density at radius 3 is 1.00 bits per heavy atom. The van der Waals surface area contributed by atoms with E-state index in [-0.39, 0.29) is 0 Å². The van der Waals surface area contributed by atoms with Crippen molar-refractivity contribution in [3.8, 4) is 55.6 Å². The van der Waals surface area contributed by atoms with Crippen LogP contribution < -0.4 is 20.2 Å². The summed E-state index contributed by atoms with van der Waals surface area (Å²) in [6.45, 7) is 5.14. The number of hydrogen-bond donors (Lipinski definition) is 0. The largest absolute Gasteiger partial charge is 0.310 e. The molecule has 1 aliphatic heterocycles. The van der Waals surface area contributed by atoms with Crippen LogP contribution in [0, 0.1) is 0 Å². The maximum atomic E-state index is 2.57. The molecule has 0 aliphatic carbocycles. The average Bonchev–Trinajstić information content (AvgIpc) is 0.894. The summed E-state index contributed by atoms with van der Waals surface area (Å²) in [5.74, 6) is 0. The Balaban J connectivity index is 0.859. The highest BCUT2D eigenvalue weighted by molar-refractivity contribution is 7.03. The molecule has 0 fully saturated rings. The molecule has 0 N–H and O–H groups in total. The first kappa shape index (κ1) is 52.2. The van der Waals surface area contributed by atoms with Crippen LogP contribution in [0.5, 0.6) is 0 Å². The number of anilines is 6. The van der Waals surface area contributed by atoms with Crippen molar-refractivity contribution in [1.82, 2.24) is 0 Å². The molecule has 0 amide bonds. The van der Waals surface area contributed by atoms with E-state index in [9.17, 15) is 0 Å². The Morgan fingerprint density at radius 1 is 0.202 bits per heavy atom. The maximum absolute atomic E-state index is 2.57. The van der Waals surface area contributed by atoms with Crippen LogP contribution in [0.3, 0.4) is 0 Å². The second-order valence-corrected chi connectivity index (χ2v) is 28.8. The van der Waals surface area contributed by atoms with Gasteiger partial charge in [-0.15, -0.1) is 0 Å². The Hall–Kier alpha value is -11.1. The highest BCUT2D eigenvalue weighted by atomic mass is 28.3. The van der Waals surface area contributed by atoms with Crippen LogP contribution in [0.15, 0.2) is 328 Å². The van der Waals surface area contributed by atoms with Crippen molar-refractivity contribution in [3.05, 3.63) is 328 Å². The summed E-state index contributed by atoms with van der Waals surface area (Å²) in [7, 11) is -2.44. The number of fused-ring (bicyclic) bond motifs is 10. The van der Waals surface area contributed by atoms with Gasteiger partial charge in [0.05, 0.1) is 0 Å². The fourth-order valence-electron chi connectivity index (χ4n) is 14.5. The first-order valence-corrected chi connectivity index (χ1v) is 33.9. The Bertz CT molecular complexity index is 5350.